The summed E-state index contributed by atoms with van der Waals surface area (Å²) in [6, 6.07) is 6.09. The summed E-state index contributed by atoms with van der Waals surface area (Å²) in [7, 11) is 1.72. The Bertz CT molecular complexity index is 1200. The first-order chi connectivity index (χ1) is 15.7. The largest absolute Gasteiger partial charge is 0.491 e. The number of nitrogens with one attached hydrogen (secondary N) is 3. The molecule has 0 saturated carbocycles. The zero-order chi connectivity index (χ0) is 24.1. The maximum Gasteiger partial charge on any atom is 0.326 e. The first-order valence-electron chi connectivity index (χ1n) is 10.3. The number of urea groups is 1. The number of benzene rings is 1. The van der Waals surface area contributed by atoms with Gasteiger partial charge >= 0.3 is 12.0 Å². The predicted molar refractivity (Wildman–Crippen MR) is 121 cm³/mol. The molecule has 0 fully saturated rings. The van der Waals surface area contributed by atoms with E-state index >= 15 is 0 Å². The molecule has 3 amide bonds. The van der Waals surface area contributed by atoms with Crippen molar-refractivity contribution in [2.24, 2.45) is 7.05 Å². The maximum atomic E-state index is 12.9. The second-order valence-corrected chi connectivity index (χ2v) is 7.66. The lowest BCUT2D eigenvalue weighted by Crippen LogP contribution is -2.35. The number of aromatic nitrogens is 3. The van der Waals surface area contributed by atoms with E-state index in [9.17, 15) is 14.4 Å². The standard InChI is InChI=1S/C22H26N6O5/c1-12(2)33-15-7-5-6-14(8-15)25-22(32)26-21(31)17-10-24-20-19(13(3)27-28(20)4)16(17)9-23-11-18(29)30/h5-8,10,12,23H,9,11H2,1-4H3,(H,29,30)(H2,25,26,31,32). The van der Waals surface area contributed by atoms with Crippen molar-refractivity contribution >= 4 is 34.6 Å². The van der Waals surface area contributed by atoms with Crippen molar-refractivity contribution in [1.82, 2.24) is 25.4 Å². The van der Waals surface area contributed by atoms with E-state index in [1.165, 1.54) is 6.20 Å². The number of carbonyl (C=O) groups excluding carboxylic acids is 2. The van der Waals surface area contributed by atoms with Crippen molar-refractivity contribution in [1.29, 1.82) is 0 Å². The van der Waals surface area contributed by atoms with Gasteiger partial charge in [-0.2, -0.15) is 5.10 Å². The van der Waals surface area contributed by atoms with Gasteiger partial charge in [-0.3, -0.25) is 19.6 Å². The highest BCUT2D eigenvalue weighted by Gasteiger charge is 2.21. The highest BCUT2D eigenvalue weighted by Crippen LogP contribution is 2.24. The molecule has 0 saturated heterocycles. The van der Waals surface area contributed by atoms with Gasteiger partial charge in [-0.05, 0) is 38.5 Å². The number of pyridine rings is 1. The average molecular weight is 454 g/mol. The summed E-state index contributed by atoms with van der Waals surface area (Å²) in [6.07, 6.45) is 1.32. The number of fused-ring (bicyclic) bond motifs is 1. The molecule has 1 aromatic carbocycles. The summed E-state index contributed by atoms with van der Waals surface area (Å²) in [5.74, 6) is -1.12. The van der Waals surface area contributed by atoms with Gasteiger partial charge in [0.05, 0.1) is 23.9 Å². The number of amides is 3. The Hall–Kier alpha value is -3.99. The summed E-state index contributed by atoms with van der Waals surface area (Å²) in [6.45, 7) is 5.34. The number of carbonyl (C=O) groups is 3. The van der Waals surface area contributed by atoms with E-state index in [1.807, 2.05) is 13.8 Å². The van der Waals surface area contributed by atoms with Crippen LogP contribution in [0.25, 0.3) is 11.0 Å². The number of hydrogen-bond acceptors (Lipinski definition) is 7. The second-order valence-electron chi connectivity index (χ2n) is 7.66. The van der Waals surface area contributed by atoms with Gasteiger partial charge in [-0.25, -0.2) is 9.78 Å². The minimum Gasteiger partial charge on any atom is -0.491 e. The van der Waals surface area contributed by atoms with Crippen LogP contribution in [0.15, 0.2) is 30.5 Å². The number of hydrogen-bond donors (Lipinski definition) is 4. The number of aliphatic carboxylic acids is 1. The van der Waals surface area contributed by atoms with Crippen LogP contribution in [0.4, 0.5) is 10.5 Å². The third-order valence-electron chi connectivity index (χ3n) is 4.65. The van der Waals surface area contributed by atoms with Crippen molar-refractivity contribution < 1.29 is 24.2 Å². The molecule has 0 aliphatic heterocycles. The van der Waals surface area contributed by atoms with Crippen molar-refractivity contribution in [2.75, 3.05) is 11.9 Å². The van der Waals surface area contributed by atoms with Crippen molar-refractivity contribution in [3.63, 3.8) is 0 Å². The molecule has 2 aromatic heterocycles. The first-order valence-corrected chi connectivity index (χ1v) is 10.3. The van der Waals surface area contributed by atoms with Gasteiger partial charge in [0.1, 0.15) is 5.75 Å². The summed E-state index contributed by atoms with van der Waals surface area (Å²) in [4.78, 5) is 40.6. The lowest BCUT2D eigenvalue weighted by molar-refractivity contribution is -0.136. The molecule has 0 aliphatic rings. The van der Waals surface area contributed by atoms with Gasteiger partial charge < -0.3 is 20.5 Å². The fourth-order valence-electron chi connectivity index (χ4n) is 3.41. The number of nitrogens with zero attached hydrogens (tertiary/aromatic N) is 3. The molecule has 0 radical (unpaired) electrons. The lowest BCUT2D eigenvalue weighted by atomic mass is 10.0. The minimum absolute atomic E-state index is 0.0258. The molecule has 0 spiro atoms. The van der Waals surface area contributed by atoms with Crippen LogP contribution in [0, 0.1) is 6.92 Å². The SMILES string of the molecule is Cc1nn(C)c2ncc(C(=O)NC(=O)Nc3cccc(OC(C)C)c3)c(CNCC(=O)O)c12. The molecule has 0 unspecified atom stereocenters. The van der Waals surface area contributed by atoms with E-state index in [0.29, 0.717) is 33.7 Å². The number of carboxylic acid groups (broad SMARTS) is 1. The molecular weight excluding hydrogens is 428 g/mol. The predicted octanol–water partition coefficient (Wildman–Crippen LogP) is 2.20. The molecule has 0 bridgehead atoms. The highest BCUT2D eigenvalue weighted by atomic mass is 16.5. The Morgan fingerprint density at radius 1 is 1.24 bits per heavy atom. The fraction of sp³-hybridized carbons (Fsp3) is 0.318. The Morgan fingerprint density at radius 3 is 2.70 bits per heavy atom. The Morgan fingerprint density at radius 2 is 2.00 bits per heavy atom. The number of aryl methyl sites for hydroxylation is 2. The van der Waals surface area contributed by atoms with Gasteiger partial charge in [-0.1, -0.05) is 6.07 Å². The van der Waals surface area contributed by atoms with Gasteiger partial charge in [0.2, 0.25) is 0 Å². The van der Waals surface area contributed by atoms with Crippen LogP contribution in [0.1, 0.15) is 35.5 Å². The number of carboxylic acids is 1. The molecule has 11 heteroatoms. The summed E-state index contributed by atoms with van der Waals surface area (Å²) in [5.41, 5.74) is 2.28. The van der Waals surface area contributed by atoms with E-state index in [1.54, 1.807) is 42.9 Å². The van der Waals surface area contributed by atoms with E-state index in [2.05, 4.69) is 26.0 Å². The number of imide groups is 1. The summed E-state index contributed by atoms with van der Waals surface area (Å²) < 4.78 is 7.18. The monoisotopic (exact) mass is 454 g/mol. The van der Waals surface area contributed by atoms with Gasteiger partial charge in [0.25, 0.3) is 5.91 Å². The first kappa shape index (κ1) is 23.7. The van der Waals surface area contributed by atoms with E-state index in [0.717, 1.165) is 0 Å². The third-order valence-corrected chi connectivity index (χ3v) is 4.65. The van der Waals surface area contributed by atoms with Crippen LogP contribution >= 0.6 is 0 Å². The number of anilines is 1. The maximum absolute atomic E-state index is 12.9. The topological polar surface area (TPSA) is 147 Å². The highest BCUT2D eigenvalue weighted by molar-refractivity contribution is 6.10. The molecule has 0 atom stereocenters. The molecule has 2 heterocycles. The lowest BCUT2D eigenvalue weighted by Gasteiger charge is -2.13. The zero-order valence-corrected chi connectivity index (χ0v) is 18.8. The van der Waals surface area contributed by atoms with Crippen LogP contribution in [0.5, 0.6) is 5.75 Å². The molecule has 4 N–H and O–H groups in total. The molecular formula is C22H26N6O5. The van der Waals surface area contributed by atoms with E-state index < -0.39 is 17.9 Å². The van der Waals surface area contributed by atoms with Crippen LogP contribution in [0.3, 0.4) is 0 Å². The number of rotatable bonds is 8. The third kappa shape index (κ3) is 5.83. The molecule has 3 rings (SSSR count). The Kier molecular flexibility index (Phi) is 7.23. The minimum atomic E-state index is -1.03. The Labute approximate surface area is 190 Å². The van der Waals surface area contributed by atoms with Gasteiger partial charge in [-0.15, -0.1) is 0 Å². The fourth-order valence-corrected chi connectivity index (χ4v) is 3.41. The van der Waals surface area contributed by atoms with Crippen LogP contribution in [-0.4, -0.2) is 50.4 Å². The van der Waals surface area contributed by atoms with E-state index in [-0.39, 0.29) is 24.8 Å². The van der Waals surface area contributed by atoms with Crippen LogP contribution in [-0.2, 0) is 18.4 Å². The van der Waals surface area contributed by atoms with Gasteiger partial charge in [0, 0.05) is 36.9 Å². The Balaban J connectivity index is 1.82. The quantitative estimate of drug-likeness (QED) is 0.405. The number of ether oxygens (including phenoxy) is 1. The van der Waals surface area contributed by atoms with Crippen molar-refractivity contribution in [3.8, 4) is 5.75 Å². The zero-order valence-electron chi connectivity index (χ0n) is 18.8. The summed E-state index contributed by atoms with van der Waals surface area (Å²) >= 11 is 0. The molecule has 3 aromatic rings. The van der Waals surface area contributed by atoms with Crippen molar-refractivity contribution in [3.05, 3.63) is 47.3 Å². The smallest absolute Gasteiger partial charge is 0.326 e. The molecule has 11 nitrogen and oxygen atoms in total. The average Bonchev–Trinajstić information content (AvgIpc) is 3.01. The normalized spacial score (nSPS) is 10.9. The second kappa shape index (κ2) is 10.1. The van der Waals surface area contributed by atoms with Crippen LogP contribution < -0.4 is 20.7 Å². The molecule has 174 valence electrons. The van der Waals surface area contributed by atoms with Gasteiger partial charge in [0.15, 0.2) is 5.65 Å². The molecule has 0 aliphatic carbocycles. The van der Waals surface area contributed by atoms with Crippen LogP contribution in [0.2, 0.25) is 0 Å². The summed E-state index contributed by atoms with van der Waals surface area (Å²) in [5, 5.41) is 21.6. The molecule has 33 heavy (non-hydrogen) atoms. The van der Waals surface area contributed by atoms with Crippen molar-refractivity contribution in [2.45, 2.75) is 33.4 Å². The van der Waals surface area contributed by atoms with E-state index in [4.69, 9.17) is 9.84 Å².